The van der Waals surface area contributed by atoms with Gasteiger partial charge >= 0.3 is 11.9 Å². The number of esters is 2. The summed E-state index contributed by atoms with van der Waals surface area (Å²) in [7, 11) is 0. The molecule has 0 spiro atoms. The van der Waals surface area contributed by atoms with E-state index in [0.29, 0.717) is 0 Å². The average molecular weight is 494 g/mol. The molecule has 0 saturated carbocycles. The van der Waals surface area contributed by atoms with Gasteiger partial charge in [-0.3, -0.25) is 0 Å². The minimum absolute atomic E-state index is 0.582. The minimum atomic E-state index is -2.48. The predicted molar refractivity (Wildman–Crippen MR) is 83.8 cm³/mol. The summed E-state index contributed by atoms with van der Waals surface area (Å²) in [6, 6.07) is 0. The van der Waals surface area contributed by atoms with Crippen LogP contribution < -0.4 is 0 Å². The normalized spacial score (nSPS) is 11.0. The van der Waals surface area contributed by atoms with Gasteiger partial charge in [-0.15, -0.1) is 0 Å². The zero-order valence-corrected chi connectivity index (χ0v) is 15.6. The van der Waals surface area contributed by atoms with Crippen molar-refractivity contribution in [3.05, 3.63) is 69.3 Å². The van der Waals surface area contributed by atoms with Crippen molar-refractivity contribution in [3.63, 3.8) is 0 Å². The highest BCUT2D eigenvalue weighted by molar-refractivity contribution is 5.90. The third-order valence-corrected chi connectivity index (χ3v) is 3.75. The highest BCUT2D eigenvalue weighted by Gasteiger charge is 2.31. The van der Waals surface area contributed by atoms with Gasteiger partial charge in [-0.25, -0.2) is 53.5 Å². The maximum atomic E-state index is 13.5. The Kier molecular flexibility index (Phi) is 8.24. The van der Waals surface area contributed by atoms with Gasteiger partial charge in [0.05, 0.1) is 13.2 Å². The van der Waals surface area contributed by atoms with Gasteiger partial charge in [0.15, 0.2) is 46.5 Å². The standard InChI is InChI=1S/C18H8F10O5/c19-7-5(8(20)12(24)15(27)11(7)23)17(29)32-3-1-31-2-4-33-18(30)6-9(21)13(25)16(28)14(26)10(6)22/h1-4H2. The zero-order valence-electron chi connectivity index (χ0n) is 15.6. The lowest BCUT2D eigenvalue weighted by atomic mass is 10.1. The Labute approximate surface area is 176 Å². The summed E-state index contributed by atoms with van der Waals surface area (Å²) in [6.45, 7) is -2.74. The number of carbonyl (C=O) groups excluding carboxylic acids is 2. The van der Waals surface area contributed by atoms with Crippen LogP contribution in [0.3, 0.4) is 0 Å². The average Bonchev–Trinajstić information content (AvgIpc) is 2.78. The van der Waals surface area contributed by atoms with E-state index in [-0.39, 0.29) is 0 Å². The van der Waals surface area contributed by atoms with Crippen LogP contribution in [0.2, 0.25) is 0 Å². The van der Waals surface area contributed by atoms with Gasteiger partial charge in [0.1, 0.15) is 24.3 Å². The topological polar surface area (TPSA) is 61.8 Å². The van der Waals surface area contributed by atoms with Gasteiger partial charge in [-0.05, 0) is 0 Å². The van der Waals surface area contributed by atoms with Crippen molar-refractivity contribution in [2.24, 2.45) is 0 Å². The van der Waals surface area contributed by atoms with E-state index in [1.54, 1.807) is 0 Å². The number of hydrogen-bond acceptors (Lipinski definition) is 5. The van der Waals surface area contributed by atoms with Gasteiger partial charge in [-0.1, -0.05) is 0 Å². The molecular formula is C18H8F10O5. The SMILES string of the molecule is O=C(OCCOCCOC(=O)c1c(F)c(F)c(F)c(F)c1F)c1c(F)c(F)c(F)c(F)c1F. The van der Waals surface area contributed by atoms with Crippen molar-refractivity contribution in [3.8, 4) is 0 Å². The molecule has 0 heterocycles. The van der Waals surface area contributed by atoms with E-state index in [2.05, 4.69) is 9.47 Å². The van der Waals surface area contributed by atoms with Gasteiger partial charge in [0, 0.05) is 0 Å². The maximum absolute atomic E-state index is 13.5. The second kappa shape index (κ2) is 10.5. The maximum Gasteiger partial charge on any atom is 0.344 e. The second-order valence-electron chi connectivity index (χ2n) is 5.77. The molecule has 2 rings (SSSR count). The van der Waals surface area contributed by atoms with Crippen molar-refractivity contribution in [2.45, 2.75) is 0 Å². The summed E-state index contributed by atoms with van der Waals surface area (Å²) in [5.74, 6) is -27.9. The second-order valence-corrected chi connectivity index (χ2v) is 5.77. The summed E-state index contributed by atoms with van der Waals surface area (Å²) in [5, 5.41) is 0. The molecule has 0 aliphatic heterocycles. The number of rotatable bonds is 8. The molecule has 0 aliphatic carbocycles. The lowest BCUT2D eigenvalue weighted by Crippen LogP contribution is -2.19. The Morgan fingerprint density at radius 1 is 0.424 bits per heavy atom. The quantitative estimate of drug-likeness (QED) is 0.182. The van der Waals surface area contributed by atoms with E-state index >= 15 is 0 Å². The molecule has 0 bridgehead atoms. The van der Waals surface area contributed by atoms with Gasteiger partial charge in [0.2, 0.25) is 11.6 Å². The first-order valence-electron chi connectivity index (χ1n) is 8.36. The minimum Gasteiger partial charge on any atom is -0.459 e. The molecular weight excluding hydrogens is 486 g/mol. The molecule has 0 radical (unpaired) electrons. The summed E-state index contributed by atoms with van der Waals surface area (Å²) >= 11 is 0. The van der Waals surface area contributed by atoms with Crippen LogP contribution in [-0.2, 0) is 14.2 Å². The highest BCUT2D eigenvalue weighted by Crippen LogP contribution is 2.24. The van der Waals surface area contributed by atoms with Crippen LogP contribution in [-0.4, -0.2) is 38.4 Å². The van der Waals surface area contributed by atoms with Crippen LogP contribution in [0.5, 0.6) is 0 Å². The fourth-order valence-electron chi connectivity index (χ4n) is 2.20. The van der Waals surface area contributed by atoms with Crippen LogP contribution in [0.1, 0.15) is 20.7 Å². The molecule has 5 nitrogen and oxygen atoms in total. The molecule has 0 aromatic heterocycles. The Balaban J connectivity index is 1.83. The number of halogens is 10. The molecule has 0 aliphatic rings. The van der Waals surface area contributed by atoms with E-state index in [1.807, 2.05) is 0 Å². The molecule has 33 heavy (non-hydrogen) atoms. The first kappa shape index (κ1) is 25.9. The Morgan fingerprint density at radius 2 is 0.667 bits per heavy atom. The molecule has 0 fully saturated rings. The van der Waals surface area contributed by atoms with E-state index < -0.39 is 108 Å². The largest absolute Gasteiger partial charge is 0.459 e. The van der Waals surface area contributed by atoms with Crippen molar-refractivity contribution >= 4 is 11.9 Å². The van der Waals surface area contributed by atoms with E-state index in [9.17, 15) is 53.5 Å². The number of hydrogen-bond donors (Lipinski definition) is 0. The van der Waals surface area contributed by atoms with Gasteiger partial charge in [0.25, 0.3) is 0 Å². The highest BCUT2D eigenvalue weighted by atomic mass is 19.2. The lowest BCUT2D eigenvalue weighted by Gasteiger charge is -2.10. The Morgan fingerprint density at radius 3 is 0.939 bits per heavy atom. The third-order valence-electron chi connectivity index (χ3n) is 3.75. The van der Waals surface area contributed by atoms with E-state index in [0.717, 1.165) is 0 Å². The molecule has 0 N–H and O–H groups in total. The molecule has 0 saturated heterocycles. The number of carbonyl (C=O) groups is 2. The fraction of sp³-hybridized carbons (Fsp3) is 0.222. The van der Waals surface area contributed by atoms with Crippen LogP contribution >= 0.6 is 0 Å². The van der Waals surface area contributed by atoms with Crippen molar-refractivity contribution in [2.75, 3.05) is 26.4 Å². The van der Waals surface area contributed by atoms with Crippen LogP contribution in [0.4, 0.5) is 43.9 Å². The summed E-state index contributed by atoms with van der Waals surface area (Å²) in [5.41, 5.74) is -3.69. The van der Waals surface area contributed by atoms with Gasteiger partial charge in [-0.2, -0.15) is 0 Å². The van der Waals surface area contributed by atoms with Crippen molar-refractivity contribution < 1.29 is 67.7 Å². The lowest BCUT2D eigenvalue weighted by molar-refractivity contribution is 0.0141. The summed E-state index contributed by atoms with van der Waals surface area (Å²) in [6.07, 6.45) is 0. The predicted octanol–water partition coefficient (Wildman–Crippen LogP) is 4.11. The molecule has 2 aromatic carbocycles. The van der Waals surface area contributed by atoms with Crippen molar-refractivity contribution in [1.29, 1.82) is 0 Å². The smallest absolute Gasteiger partial charge is 0.344 e. The monoisotopic (exact) mass is 494 g/mol. The molecule has 0 unspecified atom stereocenters. The van der Waals surface area contributed by atoms with Crippen molar-refractivity contribution in [1.82, 2.24) is 0 Å². The zero-order chi connectivity index (χ0) is 25.0. The Bertz CT molecular complexity index is 961. The van der Waals surface area contributed by atoms with E-state index in [4.69, 9.17) is 4.74 Å². The van der Waals surface area contributed by atoms with Crippen LogP contribution in [0, 0.1) is 58.2 Å². The molecule has 0 atom stereocenters. The summed E-state index contributed by atoms with van der Waals surface area (Å²) < 4.78 is 145. The molecule has 2 aromatic rings. The first-order chi connectivity index (χ1) is 15.4. The number of benzene rings is 2. The molecule has 180 valence electrons. The fourth-order valence-corrected chi connectivity index (χ4v) is 2.20. The molecule has 15 heteroatoms. The summed E-state index contributed by atoms with van der Waals surface area (Å²) in [4.78, 5) is 23.1. The van der Waals surface area contributed by atoms with E-state index in [1.165, 1.54) is 0 Å². The number of ether oxygens (including phenoxy) is 3. The van der Waals surface area contributed by atoms with Crippen LogP contribution in [0.15, 0.2) is 0 Å². The van der Waals surface area contributed by atoms with Gasteiger partial charge < -0.3 is 14.2 Å². The van der Waals surface area contributed by atoms with Crippen LogP contribution in [0.25, 0.3) is 0 Å². The first-order valence-corrected chi connectivity index (χ1v) is 8.36. The third kappa shape index (κ3) is 5.18. The Hall–Kier alpha value is -3.36. The molecule has 0 amide bonds.